The van der Waals surface area contributed by atoms with Gasteiger partial charge in [-0.15, -0.1) is 0 Å². The maximum absolute atomic E-state index is 13.5. The van der Waals surface area contributed by atoms with Crippen molar-refractivity contribution < 1.29 is 37.3 Å². The first-order valence-corrected chi connectivity index (χ1v) is 36.2. The van der Waals surface area contributed by atoms with Crippen LogP contribution in [0.1, 0.15) is 355 Å². The average Bonchev–Trinajstić information content (AvgIpc) is 3.41. The van der Waals surface area contributed by atoms with Crippen LogP contribution >= 0.6 is 7.82 Å². The summed E-state index contributed by atoms with van der Waals surface area (Å²) in [6.07, 6.45) is 72.0. The van der Waals surface area contributed by atoms with Gasteiger partial charge in [0.2, 0.25) is 5.91 Å². The van der Waals surface area contributed by atoms with Gasteiger partial charge in [-0.25, -0.2) is 4.57 Å². The molecule has 0 aromatic rings. The van der Waals surface area contributed by atoms with Crippen molar-refractivity contribution in [3.8, 4) is 0 Å². The Bertz CT molecular complexity index is 1400. The number of phosphoric ester groups is 1. The lowest BCUT2D eigenvalue weighted by Gasteiger charge is -2.27. The third-order valence-corrected chi connectivity index (χ3v) is 16.9. The highest BCUT2D eigenvalue weighted by molar-refractivity contribution is 7.47. The molecule has 0 bridgehead atoms. The van der Waals surface area contributed by atoms with Crippen LogP contribution in [0.15, 0.2) is 24.3 Å². The van der Waals surface area contributed by atoms with E-state index in [2.05, 4.69) is 38.2 Å². The number of unbranched alkanes of at least 4 members (excludes halogenated alkanes) is 46. The van der Waals surface area contributed by atoms with Gasteiger partial charge < -0.3 is 19.4 Å². The van der Waals surface area contributed by atoms with Crippen LogP contribution in [0.2, 0.25) is 0 Å². The number of carbonyl (C=O) groups is 2. The normalized spacial score (nSPS) is 13.7. The number of hydrogen-bond donors (Lipinski definition) is 2. The van der Waals surface area contributed by atoms with Crippen LogP contribution in [-0.4, -0.2) is 74.3 Å². The van der Waals surface area contributed by atoms with E-state index in [4.69, 9.17) is 13.8 Å². The second-order valence-corrected chi connectivity index (χ2v) is 26.5. The molecule has 3 atom stereocenters. The number of hydrogen-bond acceptors (Lipinski definition) is 6. The van der Waals surface area contributed by atoms with Crippen molar-refractivity contribution >= 4 is 19.7 Å². The van der Waals surface area contributed by atoms with Crippen molar-refractivity contribution in [1.29, 1.82) is 0 Å². The minimum Gasteiger partial charge on any atom is -0.456 e. The number of allylic oxidation sites excluding steroid dienone is 3. The van der Waals surface area contributed by atoms with Gasteiger partial charge in [0, 0.05) is 12.8 Å². The second-order valence-electron chi connectivity index (χ2n) is 25.1. The number of amides is 1. The molecule has 9 nitrogen and oxygen atoms in total. The van der Waals surface area contributed by atoms with Crippen LogP contribution in [0, 0.1) is 0 Å². The quantitative estimate of drug-likeness (QED) is 0.0205. The topological polar surface area (TPSA) is 111 Å². The monoisotopic (exact) mass is 1140 g/mol. The molecule has 1 amide bonds. The lowest BCUT2D eigenvalue weighted by atomic mass is 10.0. The van der Waals surface area contributed by atoms with Crippen molar-refractivity contribution in [2.24, 2.45) is 0 Å². The zero-order valence-corrected chi connectivity index (χ0v) is 54.5. The summed E-state index contributed by atoms with van der Waals surface area (Å²) in [6.45, 7) is 7.06. The predicted molar refractivity (Wildman–Crippen MR) is 342 cm³/mol. The van der Waals surface area contributed by atoms with E-state index < -0.39 is 20.0 Å². The fourth-order valence-electron chi connectivity index (χ4n) is 10.5. The third-order valence-electron chi connectivity index (χ3n) is 15.9. The number of phosphoric acid groups is 1. The van der Waals surface area contributed by atoms with Gasteiger partial charge in [0.25, 0.3) is 0 Å². The van der Waals surface area contributed by atoms with E-state index in [0.29, 0.717) is 23.9 Å². The van der Waals surface area contributed by atoms with Crippen LogP contribution in [0.5, 0.6) is 0 Å². The highest BCUT2D eigenvalue weighted by atomic mass is 31.2. The molecule has 0 aliphatic heterocycles. The first-order valence-electron chi connectivity index (χ1n) is 34.7. The lowest BCUT2D eigenvalue weighted by Crippen LogP contribution is -2.47. The fraction of sp³-hybridized carbons (Fsp3) is 0.913. The Labute approximate surface area is 492 Å². The summed E-state index contributed by atoms with van der Waals surface area (Å²) < 4.78 is 30.8. The summed E-state index contributed by atoms with van der Waals surface area (Å²) >= 11 is 0. The van der Waals surface area contributed by atoms with Gasteiger partial charge in [0.15, 0.2) is 0 Å². The molecule has 0 aromatic carbocycles. The number of ether oxygens (including phenoxy) is 1. The van der Waals surface area contributed by atoms with Crippen molar-refractivity contribution in [2.45, 2.75) is 367 Å². The number of rotatable bonds is 64. The molecule has 10 heteroatoms. The van der Waals surface area contributed by atoms with Crippen molar-refractivity contribution in [2.75, 3.05) is 40.9 Å². The predicted octanol–water partition coefficient (Wildman–Crippen LogP) is 21.7. The van der Waals surface area contributed by atoms with E-state index in [0.717, 1.165) is 57.8 Å². The molecule has 0 fully saturated rings. The summed E-state index contributed by atoms with van der Waals surface area (Å²) in [6, 6.07) is -0.841. The molecule has 0 heterocycles. The number of nitrogens with zero attached hydrogens (tertiary/aromatic N) is 1. The molecule has 0 radical (unpaired) electrons. The zero-order valence-electron chi connectivity index (χ0n) is 53.6. The number of esters is 1. The second kappa shape index (κ2) is 59.6. The highest BCUT2D eigenvalue weighted by Crippen LogP contribution is 2.43. The summed E-state index contributed by atoms with van der Waals surface area (Å²) in [4.78, 5) is 37.8. The summed E-state index contributed by atoms with van der Waals surface area (Å²) in [5.74, 6) is -0.484. The van der Waals surface area contributed by atoms with Crippen LogP contribution < -0.4 is 5.32 Å². The van der Waals surface area contributed by atoms with Gasteiger partial charge in [-0.2, -0.15) is 0 Å². The number of quaternary nitrogens is 1. The zero-order chi connectivity index (χ0) is 57.9. The van der Waals surface area contributed by atoms with Gasteiger partial charge in [0.1, 0.15) is 19.3 Å². The third kappa shape index (κ3) is 60.9. The number of likely N-dealkylation sites (N-methyl/N-ethyl adjacent to an activating group) is 1. The van der Waals surface area contributed by atoms with E-state index in [9.17, 15) is 19.0 Å². The number of carbonyl (C=O) groups excluding carboxylic acids is 2. The Morgan fingerprint density at radius 3 is 1.08 bits per heavy atom. The van der Waals surface area contributed by atoms with Crippen LogP contribution in [0.3, 0.4) is 0 Å². The molecule has 2 N–H and O–H groups in total. The standard InChI is InChI=1S/C69H135N2O7P/c1-7-10-13-16-19-22-25-27-29-30-31-32-33-34-35-36-37-38-39-40-42-44-47-50-53-56-59-62-69(73)78-67(60-57-54-51-48-45-24-21-18-15-12-9-3)66(65-77-79(74,75)76-64-63-71(4,5)6)70-68(72)61-58-55-52-49-46-43-41-28-26-23-20-17-14-11-8-2/h27,29,57,60,66-67H,7-26,28,30-56,58-59,61-65H2,1-6H3,(H-,70,72,74,75)/p+1/b29-27+,60-57-. The largest absolute Gasteiger partial charge is 0.472 e. The Morgan fingerprint density at radius 1 is 0.430 bits per heavy atom. The molecule has 0 saturated carbocycles. The van der Waals surface area contributed by atoms with Crippen molar-refractivity contribution in [3.05, 3.63) is 24.3 Å². The Morgan fingerprint density at radius 2 is 0.734 bits per heavy atom. The van der Waals surface area contributed by atoms with Gasteiger partial charge in [-0.05, 0) is 57.4 Å². The fourth-order valence-corrected chi connectivity index (χ4v) is 11.3. The Balaban J connectivity index is 4.93. The smallest absolute Gasteiger partial charge is 0.456 e. The molecule has 0 rings (SSSR count). The minimum atomic E-state index is -4.44. The molecule has 0 aliphatic rings. The molecule has 3 unspecified atom stereocenters. The molecule has 468 valence electrons. The van der Waals surface area contributed by atoms with Gasteiger partial charge >= 0.3 is 13.8 Å². The summed E-state index contributed by atoms with van der Waals surface area (Å²) in [5, 5.41) is 3.07. The van der Waals surface area contributed by atoms with Crippen molar-refractivity contribution in [1.82, 2.24) is 5.32 Å². The maximum Gasteiger partial charge on any atom is 0.472 e. The van der Waals surface area contributed by atoms with E-state index in [1.165, 1.54) is 263 Å². The first kappa shape index (κ1) is 77.5. The Hall–Kier alpha value is -1.51. The summed E-state index contributed by atoms with van der Waals surface area (Å²) in [5.41, 5.74) is 0. The van der Waals surface area contributed by atoms with E-state index in [1.807, 2.05) is 33.3 Å². The first-order chi connectivity index (χ1) is 38.4. The molecule has 0 spiro atoms. The van der Waals surface area contributed by atoms with Gasteiger partial charge in [-0.3, -0.25) is 18.6 Å². The molecular weight excluding hydrogens is 1000 g/mol. The minimum absolute atomic E-state index is 0.0447. The molecular formula is C69H136N2O7P+. The lowest BCUT2D eigenvalue weighted by molar-refractivity contribution is -0.870. The van der Waals surface area contributed by atoms with E-state index in [-0.39, 0.29) is 25.1 Å². The average molecular weight is 1140 g/mol. The van der Waals surface area contributed by atoms with Crippen LogP contribution in [0.25, 0.3) is 0 Å². The number of nitrogens with one attached hydrogen (secondary N) is 1. The van der Waals surface area contributed by atoms with Gasteiger partial charge in [-0.1, -0.05) is 309 Å². The van der Waals surface area contributed by atoms with Crippen molar-refractivity contribution in [3.63, 3.8) is 0 Å². The molecule has 0 aliphatic carbocycles. The highest BCUT2D eigenvalue weighted by Gasteiger charge is 2.30. The maximum atomic E-state index is 13.5. The van der Waals surface area contributed by atoms with E-state index >= 15 is 0 Å². The summed E-state index contributed by atoms with van der Waals surface area (Å²) in [7, 11) is 1.52. The molecule has 79 heavy (non-hydrogen) atoms. The van der Waals surface area contributed by atoms with Gasteiger partial charge in [0.05, 0.1) is 33.8 Å². The van der Waals surface area contributed by atoms with Crippen LogP contribution in [-0.2, 0) is 27.9 Å². The Kier molecular flexibility index (Phi) is 58.5. The van der Waals surface area contributed by atoms with E-state index in [1.54, 1.807) is 0 Å². The van der Waals surface area contributed by atoms with Crippen LogP contribution in [0.4, 0.5) is 0 Å². The molecule has 0 aromatic heterocycles. The molecule has 0 saturated heterocycles. The SMILES string of the molecule is CCCCCCCC/C=C/CCCCCCCCCCCCCCCCCCCC(=O)OC(/C=C\CCCCCCCCCCC)C(COP(=O)(O)OCC[N+](C)(C)C)NC(=O)CCCCCCCCCCCCCCCCC.